The van der Waals surface area contributed by atoms with Gasteiger partial charge in [0.15, 0.2) is 0 Å². The molecule has 2 aromatic heterocycles. The molecule has 15 heteroatoms. The van der Waals surface area contributed by atoms with Crippen LogP contribution in [0.15, 0.2) is 66.7 Å². The molecule has 5 heterocycles. The maximum absolute atomic E-state index is 14.4. The Bertz CT molecular complexity index is 2460. The molecule has 3 aromatic carbocycles. The molecular weight excluding hydrogens is 789 g/mol. The van der Waals surface area contributed by atoms with Gasteiger partial charge in [-0.25, -0.2) is 19.6 Å². The molecular formula is C47H54N8O7. The Morgan fingerprint density at radius 3 is 2.19 bits per heavy atom. The summed E-state index contributed by atoms with van der Waals surface area (Å²) in [5.74, 6) is 1.06. The average Bonchev–Trinajstić information content (AvgIpc) is 4.13. The van der Waals surface area contributed by atoms with E-state index in [1.807, 2.05) is 60.0 Å². The molecule has 0 spiro atoms. The van der Waals surface area contributed by atoms with Gasteiger partial charge in [0, 0.05) is 31.5 Å². The number of imidazole rings is 2. The second-order valence-corrected chi connectivity index (χ2v) is 17.1. The van der Waals surface area contributed by atoms with E-state index in [1.165, 1.54) is 12.7 Å². The molecule has 0 unspecified atom stereocenters. The molecule has 4 amide bonds. The first-order valence-electron chi connectivity index (χ1n) is 21.9. The SMILES string of the molecule is COC(=O)N[C@H](C(=O)N1CCC[C@H]1c1nc2c([nH]1)-c1ccc(-c3ccc4nc([C@@H]5CCCN5C(=O)[C@H](NC(=O)OC5CCOCC5)c5ccccc5)[nH]c4c3)cc1CC2)C(C)C. The Balaban J connectivity index is 0.918. The van der Waals surface area contributed by atoms with Gasteiger partial charge in [-0.05, 0) is 78.8 Å². The van der Waals surface area contributed by atoms with Gasteiger partial charge in [0.25, 0.3) is 5.91 Å². The number of hydrogen-bond acceptors (Lipinski definition) is 9. The molecule has 3 aliphatic heterocycles. The number of fused-ring (bicyclic) bond motifs is 4. The number of rotatable bonds is 10. The zero-order valence-electron chi connectivity index (χ0n) is 35.4. The highest BCUT2D eigenvalue weighted by Gasteiger charge is 2.40. The first-order valence-corrected chi connectivity index (χ1v) is 21.9. The van der Waals surface area contributed by atoms with Gasteiger partial charge >= 0.3 is 12.2 Å². The van der Waals surface area contributed by atoms with Crippen molar-refractivity contribution in [2.24, 2.45) is 5.92 Å². The number of benzene rings is 3. The van der Waals surface area contributed by atoms with Crippen LogP contribution in [0.2, 0.25) is 0 Å². The standard InChI is InChI=1S/C47H54N8O7/c1-27(2)39(52-46(58)60-3)44(56)54-21-8-12-38(54)43-49-35-18-15-31-25-29(13-16-33(31)41(35)51-43)30-14-17-34-36(26-30)50-42(48-34)37-11-7-22-55(37)45(57)40(28-9-5-4-6-10-28)53-47(59)62-32-19-23-61-24-20-32/h4-6,9-10,13-14,16-17,25-27,32,37-40H,7-8,11-12,15,18-24H2,1-3H3,(H,48,50)(H,49,51)(H,52,58)(H,53,59)/t37-,38-,39-,40+/m0/s1. The Morgan fingerprint density at radius 2 is 1.47 bits per heavy atom. The third kappa shape index (κ3) is 8.25. The van der Waals surface area contributed by atoms with E-state index in [9.17, 15) is 19.2 Å². The van der Waals surface area contributed by atoms with Crippen molar-refractivity contribution in [1.29, 1.82) is 0 Å². The van der Waals surface area contributed by atoms with Crippen LogP contribution < -0.4 is 10.6 Å². The molecule has 3 saturated heterocycles. The van der Waals surface area contributed by atoms with Gasteiger partial charge in [-0.2, -0.15) is 0 Å². The van der Waals surface area contributed by atoms with Crippen molar-refractivity contribution in [3.8, 4) is 22.4 Å². The zero-order chi connectivity index (χ0) is 42.9. The lowest BCUT2D eigenvalue weighted by molar-refractivity contribution is -0.136. The summed E-state index contributed by atoms with van der Waals surface area (Å²) >= 11 is 0. The number of ether oxygens (including phenoxy) is 3. The zero-order valence-corrected chi connectivity index (χ0v) is 35.4. The summed E-state index contributed by atoms with van der Waals surface area (Å²) in [6.45, 7) is 6.06. The molecule has 9 rings (SSSR count). The second kappa shape index (κ2) is 17.6. The van der Waals surface area contributed by atoms with Gasteiger partial charge in [0.05, 0.1) is 54.8 Å². The molecule has 1 aliphatic carbocycles. The summed E-state index contributed by atoms with van der Waals surface area (Å²) in [5.41, 5.74) is 8.82. The van der Waals surface area contributed by atoms with E-state index in [4.69, 9.17) is 24.2 Å². The number of carbonyl (C=O) groups is 4. The smallest absolute Gasteiger partial charge is 0.408 e. The van der Waals surface area contributed by atoms with Crippen molar-refractivity contribution in [2.45, 2.75) is 95.5 Å². The molecule has 62 heavy (non-hydrogen) atoms. The summed E-state index contributed by atoms with van der Waals surface area (Å²) < 4.78 is 15.9. The monoisotopic (exact) mass is 842 g/mol. The predicted octanol–water partition coefficient (Wildman–Crippen LogP) is 7.07. The van der Waals surface area contributed by atoms with Crippen LogP contribution in [0, 0.1) is 5.92 Å². The van der Waals surface area contributed by atoms with Crippen molar-refractivity contribution in [1.82, 2.24) is 40.4 Å². The number of nitrogens with zero attached hydrogens (tertiary/aromatic N) is 4. The number of hydrogen-bond donors (Lipinski definition) is 4. The molecule has 0 bridgehead atoms. The first kappa shape index (κ1) is 41.1. The van der Waals surface area contributed by atoms with Gasteiger partial charge in [0.2, 0.25) is 5.91 Å². The molecule has 4 aliphatic rings. The number of amides is 4. The van der Waals surface area contributed by atoms with Crippen molar-refractivity contribution >= 4 is 35.0 Å². The lowest BCUT2D eigenvalue weighted by atomic mass is 9.89. The number of aromatic amines is 2. The first-order chi connectivity index (χ1) is 30.1. The van der Waals surface area contributed by atoms with E-state index in [0.29, 0.717) is 44.7 Å². The quantitative estimate of drug-likeness (QED) is 0.114. The number of aryl methyl sites for hydroxylation is 2. The van der Waals surface area contributed by atoms with E-state index >= 15 is 0 Å². The highest BCUT2D eigenvalue weighted by molar-refractivity contribution is 5.89. The van der Waals surface area contributed by atoms with E-state index in [0.717, 1.165) is 89.3 Å². The minimum absolute atomic E-state index is 0.110. The minimum Gasteiger partial charge on any atom is -0.453 e. The van der Waals surface area contributed by atoms with Crippen LogP contribution in [0.25, 0.3) is 33.4 Å². The third-order valence-corrected chi connectivity index (χ3v) is 12.8. The summed E-state index contributed by atoms with van der Waals surface area (Å²) in [4.78, 5) is 74.2. The Labute approximate surface area is 360 Å². The topological polar surface area (TPSA) is 184 Å². The van der Waals surface area contributed by atoms with Crippen LogP contribution in [0.4, 0.5) is 9.59 Å². The van der Waals surface area contributed by atoms with Crippen molar-refractivity contribution in [3.05, 3.63) is 95.2 Å². The maximum atomic E-state index is 14.4. The van der Waals surface area contributed by atoms with Crippen molar-refractivity contribution < 1.29 is 33.4 Å². The number of H-pyrrole nitrogens is 2. The molecule has 0 radical (unpaired) electrons. The van der Waals surface area contributed by atoms with Gasteiger partial charge in [-0.15, -0.1) is 0 Å². The van der Waals surface area contributed by atoms with E-state index in [-0.39, 0.29) is 35.9 Å². The van der Waals surface area contributed by atoms with Crippen LogP contribution >= 0.6 is 0 Å². The molecule has 0 saturated carbocycles. The predicted molar refractivity (Wildman–Crippen MR) is 231 cm³/mol. The van der Waals surface area contributed by atoms with Crippen LogP contribution in [-0.4, -0.2) is 99.3 Å². The fraction of sp³-hybridized carbons (Fsp3) is 0.447. The highest BCUT2D eigenvalue weighted by Crippen LogP contribution is 2.40. The number of aromatic nitrogens is 4. The normalized spacial score (nSPS) is 19.8. The maximum Gasteiger partial charge on any atom is 0.408 e. The van der Waals surface area contributed by atoms with E-state index in [1.54, 1.807) is 0 Å². The number of likely N-dealkylation sites (tertiary alicyclic amines) is 2. The van der Waals surface area contributed by atoms with Gasteiger partial charge in [-0.3, -0.25) is 9.59 Å². The minimum atomic E-state index is -0.908. The largest absolute Gasteiger partial charge is 0.453 e. The number of methoxy groups -OCH3 is 1. The van der Waals surface area contributed by atoms with Crippen molar-refractivity contribution in [2.75, 3.05) is 33.4 Å². The van der Waals surface area contributed by atoms with Crippen LogP contribution in [0.3, 0.4) is 0 Å². The van der Waals surface area contributed by atoms with Gasteiger partial charge < -0.3 is 44.6 Å². The fourth-order valence-corrected chi connectivity index (χ4v) is 9.54. The Hall–Kier alpha value is -6.22. The summed E-state index contributed by atoms with van der Waals surface area (Å²) in [6.07, 6.45) is 4.59. The molecule has 15 nitrogen and oxygen atoms in total. The molecule has 3 fully saturated rings. The van der Waals surface area contributed by atoms with Crippen LogP contribution in [0.5, 0.6) is 0 Å². The number of carbonyl (C=O) groups excluding carboxylic acids is 4. The Kier molecular flexibility index (Phi) is 11.7. The molecule has 4 atom stereocenters. The molecule has 5 aromatic rings. The second-order valence-electron chi connectivity index (χ2n) is 17.1. The number of nitrogens with one attached hydrogen (secondary N) is 4. The molecule has 4 N–H and O–H groups in total. The lowest BCUT2D eigenvalue weighted by Gasteiger charge is -2.30. The highest BCUT2D eigenvalue weighted by atomic mass is 16.6. The summed E-state index contributed by atoms with van der Waals surface area (Å²) in [5, 5.41) is 5.61. The van der Waals surface area contributed by atoms with Crippen LogP contribution in [0.1, 0.15) is 99.0 Å². The van der Waals surface area contributed by atoms with Crippen molar-refractivity contribution in [3.63, 3.8) is 0 Å². The summed E-state index contributed by atoms with van der Waals surface area (Å²) in [7, 11) is 1.30. The third-order valence-electron chi connectivity index (χ3n) is 12.8. The summed E-state index contributed by atoms with van der Waals surface area (Å²) in [6, 6.07) is 20.0. The molecule has 324 valence electrons. The van der Waals surface area contributed by atoms with Gasteiger partial charge in [-0.1, -0.05) is 68.4 Å². The fourth-order valence-electron chi connectivity index (χ4n) is 9.54. The average molecular weight is 843 g/mol. The number of alkyl carbamates (subject to hydrolysis) is 2. The lowest BCUT2D eigenvalue weighted by Crippen LogP contribution is -2.51. The van der Waals surface area contributed by atoms with Gasteiger partial charge in [0.1, 0.15) is 29.8 Å². The van der Waals surface area contributed by atoms with E-state index in [2.05, 4.69) is 50.9 Å². The Morgan fingerprint density at radius 1 is 0.774 bits per heavy atom. The van der Waals surface area contributed by atoms with E-state index < -0.39 is 24.3 Å². The van der Waals surface area contributed by atoms with Crippen LogP contribution in [-0.2, 0) is 36.6 Å².